The molecule has 18 heavy (non-hydrogen) atoms. The van der Waals surface area contributed by atoms with E-state index in [1.54, 1.807) is 12.1 Å². The maximum Gasteiger partial charge on any atom is 0.253 e. The van der Waals surface area contributed by atoms with Crippen LogP contribution in [0.15, 0.2) is 24.3 Å². The summed E-state index contributed by atoms with van der Waals surface area (Å²) in [6.07, 6.45) is 6.37. The molecule has 1 aromatic rings. The normalized spacial score (nSPS) is 18.3. The fourth-order valence-electron chi connectivity index (χ4n) is 2.74. The zero-order chi connectivity index (χ0) is 13.0. The molecule has 1 aliphatic rings. The molecule has 0 heterocycles. The van der Waals surface area contributed by atoms with E-state index < -0.39 is 0 Å². The van der Waals surface area contributed by atoms with Crippen LogP contribution in [-0.2, 0) is 0 Å². The van der Waals surface area contributed by atoms with Gasteiger partial charge in [0, 0.05) is 11.7 Å². The van der Waals surface area contributed by atoms with E-state index in [1.165, 1.54) is 32.1 Å². The second kappa shape index (κ2) is 5.89. The Morgan fingerprint density at radius 3 is 2.61 bits per heavy atom. The minimum absolute atomic E-state index is 0.0498. The predicted molar refractivity (Wildman–Crippen MR) is 74.4 cm³/mol. The standard InChI is InChI=1S/C15H22N2O/c1-11(12-7-3-2-4-8-12)17-15(18)13-9-5-6-10-14(13)16/h5-6,9-12H,2-4,7-8,16H2,1H3,(H,17,18)/t11-/m1/s1. The Morgan fingerprint density at radius 1 is 1.28 bits per heavy atom. The Morgan fingerprint density at radius 2 is 1.94 bits per heavy atom. The number of nitrogen functional groups attached to an aromatic ring is 1. The Labute approximate surface area is 109 Å². The van der Waals surface area contributed by atoms with Crippen LogP contribution in [0.5, 0.6) is 0 Å². The van der Waals surface area contributed by atoms with Gasteiger partial charge in [0.1, 0.15) is 0 Å². The number of benzene rings is 1. The molecule has 98 valence electrons. The quantitative estimate of drug-likeness (QED) is 0.806. The van der Waals surface area contributed by atoms with Crippen LogP contribution < -0.4 is 11.1 Å². The lowest BCUT2D eigenvalue weighted by molar-refractivity contribution is 0.0920. The summed E-state index contributed by atoms with van der Waals surface area (Å²) in [5.74, 6) is 0.568. The van der Waals surface area contributed by atoms with Gasteiger partial charge < -0.3 is 11.1 Å². The fraction of sp³-hybridized carbons (Fsp3) is 0.533. The van der Waals surface area contributed by atoms with Crippen LogP contribution in [0.2, 0.25) is 0 Å². The zero-order valence-corrected chi connectivity index (χ0v) is 11.0. The molecule has 1 atom stereocenters. The van der Waals surface area contributed by atoms with Crippen molar-refractivity contribution >= 4 is 11.6 Å². The summed E-state index contributed by atoms with van der Waals surface area (Å²) in [5, 5.41) is 3.09. The number of hydrogen-bond donors (Lipinski definition) is 2. The number of carbonyl (C=O) groups excluding carboxylic acids is 1. The number of carbonyl (C=O) groups is 1. The lowest BCUT2D eigenvalue weighted by atomic mass is 9.84. The smallest absolute Gasteiger partial charge is 0.253 e. The Bertz CT molecular complexity index is 411. The van der Waals surface area contributed by atoms with Crippen molar-refractivity contribution in [1.29, 1.82) is 0 Å². The molecule has 1 aromatic carbocycles. The molecule has 2 rings (SSSR count). The first-order valence-corrected chi connectivity index (χ1v) is 6.84. The van der Waals surface area contributed by atoms with E-state index in [4.69, 9.17) is 5.73 Å². The van der Waals surface area contributed by atoms with Crippen LogP contribution in [0, 0.1) is 5.92 Å². The summed E-state index contributed by atoms with van der Waals surface area (Å²) in [6.45, 7) is 2.10. The van der Waals surface area contributed by atoms with E-state index in [-0.39, 0.29) is 11.9 Å². The summed E-state index contributed by atoms with van der Waals surface area (Å²) in [5.41, 5.74) is 6.95. The van der Waals surface area contributed by atoms with E-state index in [9.17, 15) is 4.79 Å². The molecule has 0 aromatic heterocycles. The molecule has 0 aliphatic heterocycles. The van der Waals surface area contributed by atoms with Crippen LogP contribution in [0.4, 0.5) is 5.69 Å². The van der Waals surface area contributed by atoms with Crippen LogP contribution in [-0.4, -0.2) is 11.9 Å². The molecule has 3 heteroatoms. The monoisotopic (exact) mass is 246 g/mol. The molecular formula is C15H22N2O. The molecule has 1 aliphatic carbocycles. The van der Waals surface area contributed by atoms with Gasteiger partial charge >= 0.3 is 0 Å². The third-order valence-electron chi connectivity index (χ3n) is 3.92. The SMILES string of the molecule is C[C@@H](NC(=O)c1ccccc1N)C1CCCCC1. The van der Waals surface area contributed by atoms with Crippen LogP contribution >= 0.6 is 0 Å². The van der Waals surface area contributed by atoms with E-state index in [2.05, 4.69) is 12.2 Å². The number of para-hydroxylation sites is 1. The van der Waals surface area contributed by atoms with Crippen molar-refractivity contribution < 1.29 is 4.79 Å². The molecule has 0 unspecified atom stereocenters. The summed E-state index contributed by atoms with van der Waals surface area (Å²) < 4.78 is 0. The molecule has 1 saturated carbocycles. The summed E-state index contributed by atoms with van der Waals surface area (Å²) in [4.78, 5) is 12.1. The first-order chi connectivity index (χ1) is 8.68. The van der Waals surface area contributed by atoms with Gasteiger partial charge in [-0.25, -0.2) is 0 Å². The maximum atomic E-state index is 12.1. The Hall–Kier alpha value is -1.51. The van der Waals surface area contributed by atoms with Crippen molar-refractivity contribution in [3.05, 3.63) is 29.8 Å². The van der Waals surface area contributed by atoms with E-state index in [0.29, 0.717) is 17.2 Å². The number of hydrogen-bond acceptors (Lipinski definition) is 2. The Kier molecular flexibility index (Phi) is 4.24. The van der Waals surface area contributed by atoms with Gasteiger partial charge in [0.25, 0.3) is 5.91 Å². The van der Waals surface area contributed by atoms with E-state index in [0.717, 1.165) is 0 Å². The number of rotatable bonds is 3. The summed E-state index contributed by atoms with van der Waals surface area (Å²) in [6, 6.07) is 7.46. The van der Waals surface area contributed by atoms with Gasteiger partial charge in [0.05, 0.1) is 5.56 Å². The molecule has 0 saturated heterocycles. The summed E-state index contributed by atoms with van der Waals surface area (Å²) >= 11 is 0. The van der Waals surface area contributed by atoms with Gasteiger partial charge in [-0.1, -0.05) is 31.4 Å². The van der Waals surface area contributed by atoms with E-state index >= 15 is 0 Å². The van der Waals surface area contributed by atoms with E-state index in [1.807, 2.05) is 12.1 Å². The van der Waals surface area contributed by atoms with Crippen molar-refractivity contribution in [3.8, 4) is 0 Å². The van der Waals surface area contributed by atoms with Crippen molar-refractivity contribution in [1.82, 2.24) is 5.32 Å². The summed E-state index contributed by atoms with van der Waals surface area (Å²) in [7, 11) is 0. The number of nitrogens with one attached hydrogen (secondary N) is 1. The van der Waals surface area contributed by atoms with Gasteiger partial charge in [-0.15, -0.1) is 0 Å². The minimum atomic E-state index is -0.0498. The molecule has 0 spiro atoms. The molecule has 3 nitrogen and oxygen atoms in total. The molecular weight excluding hydrogens is 224 g/mol. The average molecular weight is 246 g/mol. The predicted octanol–water partition coefficient (Wildman–Crippen LogP) is 2.97. The highest BCUT2D eigenvalue weighted by molar-refractivity contribution is 5.99. The van der Waals surface area contributed by atoms with Gasteiger partial charge in [-0.05, 0) is 37.8 Å². The first-order valence-electron chi connectivity index (χ1n) is 6.84. The average Bonchev–Trinajstić information content (AvgIpc) is 2.40. The minimum Gasteiger partial charge on any atom is -0.398 e. The van der Waals surface area contributed by atoms with Crippen molar-refractivity contribution in [3.63, 3.8) is 0 Å². The first kappa shape index (κ1) is 12.9. The second-order valence-corrected chi connectivity index (χ2v) is 5.25. The highest BCUT2D eigenvalue weighted by Crippen LogP contribution is 2.26. The van der Waals surface area contributed by atoms with Gasteiger partial charge in [-0.2, -0.15) is 0 Å². The number of nitrogens with two attached hydrogens (primary N) is 1. The van der Waals surface area contributed by atoms with Gasteiger partial charge in [0.15, 0.2) is 0 Å². The highest BCUT2D eigenvalue weighted by Gasteiger charge is 2.22. The third kappa shape index (κ3) is 3.03. The van der Waals surface area contributed by atoms with Gasteiger partial charge in [0.2, 0.25) is 0 Å². The maximum absolute atomic E-state index is 12.1. The lowest BCUT2D eigenvalue weighted by Crippen LogP contribution is -2.39. The van der Waals surface area contributed by atoms with Crippen LogP contribution in [0.1, 0.15) is 49.4 Å². The number of anilines is 1. The van der Waals surface area contributed by atoms with Gasteiger partial charge in [-0.3, -0.25) is 4.79 Å². The fourth-order valence-corrected chi connectivity index (χ4v) is 2.74. The van der Waals surface area contributed by atoms with Crippen molar-refractivity contribution in [2.24, 2.45) is 5.92 Å². The Balaban J connectivity index is 1.96. The molecule has 1 fully saturated rings. The largest absolute Gasteiger partial charge is 0.398 e. The molecule has 0 radical (unpaired) electrons. The molecule has 1 amide bonds. The van der Waals surface area contributed by atoms with Crippen LogP contribution in [0.3, 0.4) is 0 Å². The zero-order valence-electron chi connectivity index (χ0n) is 11.0. The topological polar surface area (TPSA) is 55.1 Å². The van der Waals surface area contributed by atoms with Crippen molar-refractivity contribution in [2.45, 2.75) is 45.1 Å². The van der Waals surface area contributed by atoms with Crippen LogP contribution in [0.25, 0.3) is 0 Å². The lowest BCUT2D eigenvalue weighted by Gasteiger charge is -2.28. The van der Waals surface area contributed by atoms with Crippen molar-refractivity contribution in [2.75, 3.05) is 5.73 Å². The third-order valence-corrected chi connectivity index (χ3v) is 3.92. The molecule has 3 N–H and O–H groups in total. The number of amides is 1. The molecule has 0 bridgehead atoms. The highest BCUT2D eigenvalue weighted by atomic mass is 16.1. The second-order valence-electron chi connectivity index (χ2n) is 5.25.